The number of benzene rings is 1. The zero-order valence-electron chi connectivity index (χ0n) is 12.1. The molecular formula is C14H19N3O4. The second-order valence-corrected chi connectivity index (χ2v) is 4.99. The highest BCUT2D eigenvalue weighted by molar-refractivity contribution is 5.99. The van der Waals surface area contributed by atoms with Gasteiger partial charge >= 0.3 is 12.0 Å². The van der Waals surface area contributed by atoms with Crippen molar-refractivity contribution in [3.8, 4) is 5.75 Å². The van der Waals surface area contributed by atoms with Gasteiger partial charge in [0.1, 0.15) is 12.2 Å². The van der Waals surface area contributed by atoms with Crippen LogP contribution in [0, 0.1) is 0 Å². The van der Waals surface area contributed by atoms with Crippen molar-refractivity contribution in [2.24, 2.45) is 0 Å². The molecule has 21 heavy (non-hydrogen) atoms. The summed E-state index contributed by atoms with van der Waals surface area (Å²) in [6.07, 6.45) is 0. The number of fused-ring (bicyclic) bond motifs is 1. The van der Waals surface area contributed by atoms with E-state index in [1.807, 2.05) is 19.0 Å². The minimum atomic E-state index is -1.07. The van der Waals surface area contributed by atoms with Gasteiger partial charge in [-0.2, -0.15) is 0 Å². The maximum Gasteiger partial charge on any atom is 0.339 e. The molecule has 2 amide bonds. The lowest BCUT2D eigenvalue weighted by molar-refractivity contribution is 0.0692. The van der Waals surface area contributed by atoms with Crippen molar-refractivity contribution >= 4 is 17.7 Å². The van der Waals surface area contributed by atoms with E-state index in [0.29, 0.717) is 18.8 Å². The Kier molecular flexibility index (Phi) is 4.64. The minimum absolute atomic E-state index is 0.0679. The lowest BCUT2D eigenvalue weighted by Crippen LogP contribution is -2.46. The monoisotopic (exact) mass is 293 g/mol. The molecule has 0 fully saturated rings. The number of urea groups is 1. The predicted octanol–water partition coefficient (Wildman–Crippen LogP) is 0.855. The van der Waals surface area contributed by atoms with Gasteiger partial charge in [-0.3, -0.25) is 4.90 Å². The standard InChI is InChI=1S/C14H19N3O4/c1-16(2)7-6-15-14(20)17-8-9-21-12-10(13(18)19)4-3-5-11(12)17/h3-5H,6-9H2,1-2H3,(H,15,20)(H,18,19). The van der Waals surface area contributed by atoms with Gasteiger partial charge < -0.3 is 20.1 Å². The van der Waals surface area contributed by atoms with E-state index in [9.17, 15) is 9.59 Å². The number of aromatic carboxylic acids is 1. The molecule has 0 saturated heterocycles. The molecule has 0 aromatic heterocycles. The third-order valence-corrected chi connectivity index (χ3v) is 3.16. The highest BCUT2D eigenvalue weighted by Crippen LogP contribution is 2.34. The Morgan fingerprint density at radius 2 is 2.19 bits per heavy atom. The summed E-state index contributed by atoms with van der Waals surface area (Å²) in [4.78, 5) is 26.9. The Morgan fingerprint density at radius 3 is 2.86 bits per heavy atom. The highest BCUT2D eigenvalue weighted by Gasteiger charge is 2.27. The molecule has 2 rings (SSSR count). The number of carboxylic acids is 1. The molecule has 1 aliphatic heterocycles. The fourth-order valence-electron chi connectivity index (χ4n) is 2.11. The molecule has 0 unspecified atom stereocenters. The highest BCUT2D eigenvalue weighted by atomic mass is 16.5. The number of hydrogen-bond donors (Lipinski definition) is 2. The molecule has 7 heteroatoms. The van der Waals surface area contributed by atoms with Gasteiger partial charge in [-0.25, -0.2) is 9.59 Å². The first-order valence-corrected chi connectivity index (χ1v) is 6.70. The molecular weight excluding hydrogens is 274 g/mol. The van der Waals surface area contributed by atoms with Crippen molar-refractivity contribution in [2.75, 3.05) is 45.2 Å². The van der Waals surface area contributed by atoms with E-state index >= 15 is 0 Å². The van der Waals surface area contributed by atoms with Crippen LogP contribution in [0.3, 0.4) is 0 Å². The largest absolute Gasteiger partial charge is 0.489 e. The summed E-state index contributed by atoms with van der Waals surface area (Å²) < 4.78 is 5.43. The average Bonchev–Trinajstić information content (AvgIpc) is 2.45. The number of hydrogen-bond acceptors (Lipinski definition) is 4. The summed E-state index contributed by atoms with van der Waals surface area (Å²) in [7, 11) is 3.85. The van der Waals surface area contributed by atoms with Crippen LogP contribution in [0.5, 0.6) is 5.75 Å². The number of nitrogens with zero attached hydrogens (tertiary/aromatic N) is 2. The molecule has 1 aromatic rings. The summed E-state index contributed by atoms with van der Waals surface area (Å²) in [5, 5.41) is 12.0. The van der Waals surface area contributed by atoms with E-state index in [4.69, 9.17) is 9.84 Å². The summed E-state index contributed by atoms with van der Waals surface area (Å²) in [6, 6.07) is 4.52. The molecule has 0 spiro atoms. The van der Waals surface area contributed by atoms with Gasteiger partial charge in [0.2, 0.25) is 0 Å². The Morgan fingerprint density at radius 1 is 1.43 bits per heavy atom. The number of likely N-dealkylation sites (N-methyl/N-ethyl adjacent to an activating group) is 1. The van der Waals surface area contributed by atoms with Crippen LogP contribution >= 0.6 is 0 Å². The lowest BCUT2D eigenvalue weighted by Gasteiger charge is -2.30. The van der Waals surface area contributed by atoms with E-state index in [1.54, 1.807) is 12.1 Å². The number of ether oxygens (including phenoxy) is 1. The molecule has 0 bridgehead atoms. The normalized spacial score (nSPS) is 13.6. The van der Waals surface area contributed by atoms with E-state index < -0.39 is 5.97 Å². The van der Waals surface area contributed by atoms with Gasteiger partial charge in [0.05, 0.1) is 12.2 Å². The molecule has 1 aliphatic rings. The average molecular weight is 293 g/mol. The summed E-state index contributed by atoms with van der Waals surface area (Å²) >= 11 is 0. The lowest BCUT2D eigenvalue weighted by atomic mass is 10.1. The number of carbonyl (C=O) groups is 2. The third kappa shape index (κ3) is 3.43. The van der Waals surface area contributed by atoms with E-state index in [-0.39, 0.29) is 24.0 Å². The number of anilines is 1. The fourth-order valence-corrected chi connectivity index (χ4v) is 2.11. The molecule has 2 N–H and O–H groups in total. The van der Waals surface area contributed by atoms with Crippen molar-refractivity contribution in [1.29, 1.82) is 0 Å². The zero-order chi connectivity index (χ0) is 15.4. The number of rotatable bonds is 4. The van der Waals surface area contributed by atoms with Gasteiger partial charge in [-0.1, -0.05) is 6.07 Å². The Bertz CT molecular complexity index is 545. The summed E-state index contributed by atoms with van der Waals surface area (Å²) in [5.74, 6) is -0.819. The van der Waals surface area contributed by atoms with Crippen LogP contribution in [0.2, 0.25) is 0 Å². The Hall–Kier alpha value is -2.28. The van der Waals surface area contributed by atoms with Crippen molar-refractivity contribution in [3.63, 3.8) is 0 Å². The summed E-state index contributed by atoms with van der Waals surface area (Å²) in [6.45, 7) is 1.93. The second-order valence-electron chi connectivity index (χ2n) is 4.99. The van der Waals surface area contributed by atoms with Crippen LogP contribution in [-0.4, -0.2) is 62.3 Å². The van der Waals surface area contributed by atoms with Crippen LogP contribution in [0.4, 0.5) is 10.5 Å². The molecule has 0 atom stereocenters. The van der Waals surface area contributed by atoms with Gasteiger partial charge in [-0.15, -0.1) is 0 Å². The minimum Gasteiger partial charge on any atom is -0.489 e. The van der Waals surface area contributed by atoms with Crippen molar-refractivity contribution in [1.82, 2.24) is 10.2 Å². The molecule has 0 aliphatic carbocycles. The van der Waals surface area contributed by atoms with Crippen LogP contribution in [0.1, 0.15) is 10.4 Å². The first-order chi connectivity index (χ1) is 10.0. The van der Waals surface area contributed by atoms with Gasteiger partial charge in [0.25, 0.3) is 0 Å². The number of carbonyl (C=O) groups excluding carboxylic acids is 1. The Labute approximate surface area is 123 Å². The summed E-state index contributed by atoms with van der Waals surface area (Å²) in [5.41, 5.74) is 0.557. The zero-order valence-corrected chi connectivity index (χ0v) is 12.1. The van der Waals surface area contributed by atoms with E-state index in [0.717, 1.165) is 6.54 Å². The quantitative estimate of drug-likeness (QED) is 0.860. The molecule has 1 heterocycles. The van der Waals surface area contributed by atoms with Crippen LogP contribution in [-0.2, 0) is 0 Å². The Balaban J connectivity index is 2.16. The maximum absolute atomic E-state index is 12.2. The second kappa shape index (κ2) is 6.45. The van der Waals surface area contributed by atoms with Crippen molar-refractivity contribution in [3.05, 3.63) is 23.8 Å². The number of para-hydroxylation sites is 1. The molecule has 114 valence electrons. The topological polar surface area (TPSA) is 82.1 Å². The molecule has 0 radical (unpaired) electrons. The fraction of sp³-hybridized carbons (Fsp3) is 0.429. The molecule has 0 saturated carbocycles. The van der Waals surface area contributed by atoms with Crippen LogP contribution in [0.15, 0.2) is 18.2 Å². The van der Waals surface area contributed by atoms with E-state index in [1.165, 1.54) is 11.0 Å². The first kappa shape index (κ1) is 15.1. The van der Waals surface area contributed by atoms with Gasteiger partial charge in [0.15, 0.2) is 5.75 Å². The predicted molar refractivity (Wildman–Crippen MR) is 78.2 cm³/mol. The third-order valence-electron chi connectivity index (χ3n) is 3.16. The van der Waals surface area contributed by atoms with Crippen molar-refractivity contribution in [2.45, 2.75) is 0 Å². The smallest absolute Gasteiger partial charge is 0.339 e. The van der Waals surface area contributed by atoms with Crippen molar-refractivity contribution < 1.29 is 19.4 Å². The van der Waals surface area contributed by atoms with Gasteiger partial charge in [-0.05, 0) is 26.2 Å². The number of carboxylic acid groups (broad SMARTS) is 1. The SMILES string of the molecule is CN(C)CCNC(=O)N1CCOc2c(C(=O)O)cccc21. The van der Waals surface area contributed by atoms with Crippen LogP contribution < -0.4 is 15.0 Å². The molecule has 1 aromatic carbocycles. The first-order valence-electron chi connectivity index (χ1n) is 6.70. The molecule has 7 nitrogen and oxygen atoms in total. The maximum atomic E-state index is 12.2. The van der Waals surface area contributed by atoms with Crippen LogP contribution in [0.25, 0.3) is 0 Å². The number of amides is 2. The van der Waals surface area contributed by atoms with Gasteiger partial charge in [0, 0.05) is 13.1 Å². The van der Waals surface area contributed by atoms with E-state index in [2.05, 4.69) is 5.32 Å². The number of nitrogens with one attached hydrogen (secondary N) is 1.